The number of amides is 1. The van der Waals surface area contributed by atoms with Crippen molar-refractivity contribution in [2.24, 2.45) is 0 Å². The van der Waals surface area contributed by atoms with Crippen molar-refractivity contribution in [3.8, 4) is 6.07 Å². The Labute approximate surface area is 118 Å². The van der Waals surface area contributed by atoms with E-state index >= 15 is 0 Å². The lowest BCUT2D eigenvalue weighted by atomic mass is 9.95. The van der Waals surface area contributed by atoms with Crippen LogP contribution in [0.25, 0.3) is 0 Å². The first-order valence-corrected chi connectivity index (χ1v) is 6.44. The third-order valence-electron chi connectivity index (χ3n) is 3.11. The summed E-state index contributed by atoms with van der Waals surface area (Å²) in [6.07, 6.45) is 1.30. The Morgan fingerprint density at radius 2 is 1.95 bits per heavy atom. The maximum absolute atomic E-state index is 12.1. The number of carboxylic acids is 1. The molecule has 0 saturated carbocycles. The minimum atomic E-state index is -1.27. The average Bonchev–Trinajstić information content (AvgIpc) is 2.40. The summed E-state index contributed by atoms with van der Waals surface area (Å²) in [5.74, 6) is -1.47. The highest BCUT2D eigenvalue weighted by atomic mass is 16.4. The molecule has 0 heterocycles. The molecule has 5 nitrogen and oxygen atoms in total. The molecular weight excluding hydrogens is 256 g/mol. The molecule has 0 aliphatic rings. The van der Waals surface area contributed by atoms with E-state index in [1.165, 1.54) is 6.92 Å². The molecule has 1 atom stereocenters. The highest BCUT2D eigenvalue weighted by molar-refractivity contribution is 5.97. The Kier molecular flexibility index (Phi) is 5.27. The van der Waals surface area contributed by atoms with Gasteiger partial charge in [0, 0.05) is 5.56 Å². The van der Waals surface area contributed by atoms with Gasteiger partial charge in [-0.25, -0.2) is 4.79 Å². The van der Waals surface area contributed by atoms with E-state index < -0.39 is 17.4 Å². The van der Waals surface area contributed by atoms with Crippen LogP contribution in [-0.2, 0) is 11.2 Å². The molecule has 1 unspecified atom stereocenters. The Morgan fingerprint density at radius 1 is 1.35 bits per heavy atom. The number of nitrogens with zero attached hydrogens (tertiary/aromatic N) is 1. The van der Waals surface area contributed by atoms with Crippen molar-refractivity contribution in [1.29, 1.82) is 5.26 Å². The predicted molar refractivity (Wildman–Crippen MR) is 74.2 cm³/mol. The maximum atomic E-state index is 12.1. The molecular formula is C15H18N2O3. The van der Waals surface area contributed by atoms with Crippen LogP contribution < -0.4 is 5.32 Å². The van der Waals surface area contributed by atoms with Crippen molar-refractivity contribution in [2.75, 3.05) is 0 Å². The number of hydrogen-bond acceptors (Lipinski definition) is 3. The smallest absolute Gasteiger partial charge is 0.329 e. The van der Waals surface area contributed by atoms with Crippen LogP contribution in [0.4, 0.5) is 0 Å². The Bertz CT molecular complexity index is 531. The van der Waals surface area contributed by atoms with Gasteiger partial charge in [0.15, 0.2) is 0 Å². The SMILES string of the molecule is CCCC(C)(NC(=O)c1ccc(CC#N)cc1)C(=O)O. The van der Waals surface area contributed by atoms with Crippen LogP contribution in [0.15, 0.2) is 24.3 Å². The average molecular weight is 274 g/mol. The highest BCUT2D eigenvalue weighted by Gasteiger charge is 2.33. The largest absolute Gasteiger partial charge is 0.480 e. The first-order valence-electron chi connectivity index (χ1n) is 6.44. The van der Waals surface area contributed by atoms with E-state index in [1.807, 2.05) is 13.0 Å². The summed E-state index contributed by atoms with van der Waals surface area (Å²) in [7, 11) is 0. The molecule has 1 rings (SSSR count). The normalized spacial score (nSPS) is 13.1. The molecule has 0 bridgehead atoms. The Hall–Kier alpha value is -2.35. The van der Waals surface area contributed by atoms with Gasteiger partial charge in [-0.1, -0.05) is 25.5 Å². The lowest BCUT2D eigenvalue weighted by Crippen LogP contribution is -2.52. The van der Waals surface area contributed by atoms with Crippen molar-refractivity contribution < 1.29 is 14.7 Å². The third-order valence-corrected chi connectivity index (χ3v) is 3.11. The van der Waals surface area contributed by atoms with Crippen LogP contribution in [0.3, 0.4) is 0 Å². The van der Waals surface area contributed by atoms with Gasteiger partial charge >= 0.3 is 5.97 Å². The number of rotatable bonds is 6. The maximum Gasteiger partial charge on any atom is 0.329 e. The number of aliphatic carboxylic acids is 1. The quantitative estimate of drug-likeness (QED) is 0.831. The molecule has 0 spiro atoms. The minimum Gasteiger partial charge on any atom is -0.480 e. The molecule has 5 heteroatoms. The summed E-state index contributed by atoms with van der Waals surface area (Å²) in [6.45, 7) is 3.37. The summed E-state index contributed by atoms with van der Waals surface area (Å²) in [5, 5.41) is 20.4. The standard InChI is InChI=1S/C15H18N2O3/c1-3-9-15(2,14(19)20)17-13(18)12-6-4-11(5-7-12)8-10-16/h4-7H,3,8-9H2,1-2H3,(H,17,18)(H,19,20). The van der Waals surface area contributed by atoms with Crippen LogP contribution in [0.5, 0.6) is 0 Å². The van der Waals surface area contributed by atoms with Crippen molar-refractivity contribution in [3.05, 3.63) is 35.4 Å². The van der Waals surface area contributed by atoms with Gasteiger partial charge in [-0.15, -0.1) is 0 Å². The highest BCUT2D eigenvalue weighted by Crippen LogP contribution is 2.14. The molecule has 0 aliphatic carbocycles. The fraction of sp³-hybridized carbons (Fsp3) is 0.400. The number of carbonyl (C=O) groups is 2. The van der Waals surface area contributed by atoms with E-state index in [-0.39, 0.29) is 6.42 Å². The van der Waals surface area contributed by atoms with Crippen molar-refractivity contribution in [1.82, 2.24) is 5.32 Å². The van der Waals surface area contributed by atoms with Gasteiger partial charge in [-0.05, 0) is 31.0 Å². The second-order valence-electron chi connectivity index (χ2n) is 4.87. The second kappa shape index (κ2) is 6.71. The van der Waals surface area contributed by atoms with Gasteiger partial charge in [0.2, 0.25) is 0 Å². The Morgan fingerprint density at radius 3 is 2.40 bits per heavy atom. The molecule has 1 aromatic carbocycles. The molecule has 0 fully saturated rings. The first kappa shape index (κ1) is 15.7. The van der Waals surface area contributed by atoms with E-state index in [1.54, 1.807) is 24.3 Å². The fourth-order valence-electron chi connectivity index (χ4n) is 1.91. The van der Waals surface area contributed by atoms with Crippen LogP contribution in [0.2, 0.25) is 0 Å². The number of carbonyl (C=O) groups excluding carboxylic acids is 1. The zero-order valence-electron chi connectivity index (χ0n) is 11.6. The second-order valence-corrected chi connectivity index (χ2v) is 4.87. The number of hydrogen-bond donors (Lipinski definition) is 2. The van der Waals surface area contributed by atoms with E-state index in [0.717, 1.165) is 5.56 Å². The molecule has 20 heavy (non-hydrogen) atoms. The molecule has 1 aromatic rings. The lowest BCUT2D eigenvalue weighted by molar-refractivity contribution is -0.144. The molecule has 1 amide bonds. The number of carboxylic acid groups (broad SMARTS) is 1. The zero-order valence-corrected chi connectivity index (χ0v) is 11.6. The molecule has 106 valence electrons. The van der Waals surface area contributed by atoms with Gasteiger partial charge in [-0.2, -0.15) is 5.26 Å². The summed E-state index contributed by atoms with van der Waals surface area (Å²) in [5.41, 5.74) is -0.0640. The van der Waals surface area contributed by atoms with Crippen molar-refractivity contribution >= 4 is 11.9 Å². The van der Waals surface area contributed by atoms with Crippen LogP contribution in [0, 0.1) is 11.3 Å². The van der Waals surface area contributed by atoms with Crippen LogP contribution in [-0.4, -0.2) is 22.5 Å². The fourth-order valence-corrected chi connectivity index (χ4v) is 1.91. The third kappa shape index (κ3) is 3.82. The lowest BCUT2D eigenvalue weighted by Gasteiger charge is -2.25. The Balaban J connectivity index is 2.84. The topological polar surface area (TPSA) is 90.2 Å². The summed E-state index contributed by atoms with van der Waals surface area (Å²) in [6, 6.07) is 8.59. The number of nitrogens with one attached hydrogen (secondary N) is 1. The number of benzene rings is 1. The molecule has 0 radical (unpaired) electrons. The summed E-state index contributed by atoms with van der Waals surface area (Å²) < 4.78 is 0. The molecule has 0 saturated heterocycles. The van der Waals surface area contributed by atoms with E-state index in [2.05, 4.69) is 5.32 Å². The number of nitriles is 1. The minimum absolute atomic E-state index is 0.282. The molecule has 0 aromatic heterocycles. The van der Waals surface area contributed by atoms with E-state index in [0.29, 0.717) is 18.4 Å². The van der Waals surface area contributed by atoms with E-state index in [4.69, 9.17) is 5.26 Å². The molecule has 0 aliphatic heterocycles. The van der Waals surface area contributed by atoms with Crippen LogP contribution in [0.1, 0.15) is 42.6 Å². The first-order chi connectivity index (χ1) is 9.42. The van der Waals surface area contributed by atoms with Gasteiger partial charge < -0.3 is 10.4 Å². The van der Waals surface area contributed by atoms with Gasteiger partial charge in [0.1, 0.15) is 5.54 Å². The van der Waals surface area contributed by atoms with E-state index in [9.17, 15) is 14.7 Å². The monoisotopic (exact) mass is 274 g/mol. The van der Waals surface area contributed by atoms with Crippen molar-refractivity contribution in [3.63, 3.8) is 0 Å². The van der Waals surface area contributed by atoms with Crippen LogP contribution >= 0.6 is 0 Å². The van der Waals surface area contributed by atoms with Gasteiger partial charge in [-0.3, -0.25) is 4.79 Å². The van der Waals surface area contributed by atoms with Gasteiger partial charge in [0.05, 0.1) is 12.5 Å². The van der Waals surface area contributed by atoms with Gasteiger partial charge in [0.25, 0.3) is 5.91 Å². The summed E-state index contributed by atoms with van der Waals surface area (Å²) in [4.78, 5) is 23.3. The van der Waals surface area contributed by atoms with Crippen molar-refractivity contribution in [2.45, 2.75) is 38.6 Å². The molecule has 2 N–H and O–H groups in total. The zero-order chi connectivity index (χ0) is 15.2. The summed E-state index contributed by atoms with van der Waals surface area (Å²) >= 11 is 0. The predicted octanol–water partition coefficient (Wildman–Crippen LogP) is 2.13.